The topological polar surface area (TPSA) is 294 Å². The van der Waals surface area contributed by atoms with Crippen molar-refractivity contribution in [1.82, 2.24) is 30.4 Å². The molecule has 102 heavy (non-hydrogen) atoms. The van der Waals surface area contributed by atoms with Crippen molar-refractivity contribution in [2.24, 2.45) is 11.5 Å². The summed E-state index contributed by atoms with van der Waals surface area (Å²) in [5, 5.41) is 20.0. The summed E-state index contributed by atoms with van der Waals surface area (Å²) in [4.78, 5) is 97.9. The molecule has 0 radical (unpaired) electrons. The maximum absolute atomic E-state index is 15.3. The number of nitrogens with two attached hydrogens (primary N) is 2. The van der Waals surface area contributed by atoms with Gasteiger partial charge in [0.15, 0.2) is 0 Å². The van der Waals surface area contributed by atoms with Gasteiger partial charge in [-0.3, -0.25) is 33.8 Å². The lowest BCUT2D eigenvalue weighted by Gasteiger charge is -2.44. The SMILES string of the molecule is CC(C)(C)OC(=O)NCCCCCCCN.C[C@@H]1CN(c2ccc(-c3cc(C(=O)NCCCCCCCN)ccc3F)cc2NC(=O)c2c[nH]c(=O)cc2C(F)(F)F)C[C@H](C)N1C.C[C@@H]1CN(c2ccc(-c3cc(C(=O)O)ccc3F)cc2NC(=O)c2c[nH]c(=O)cc2C(F)(F)F)C[C@H](C)N1C. The highest BCUT2D eigenvalue weighted by atomic mass is 19.4. The number of hydrogen-bond donors (Lipinski definition) is 9. The quantitative estimate of drug-likeness (QED) is 0.0201. The average Bonchev–Trinajstić information content (AvgIpc) is 0.783. The minimum Gasteiger partial charge on any atom is -0.478 e. The van der Waals surface area contributed by atoms with Gasteiger partial charge in [0, 0.05) is 105 Å². The Morgan fingerprint density at radius 1 is 0.520 bits per heavy atom. The van der Waals surface area contributed by atoms with Crippen LogP contribution in [0.5, 0.6) is 0 Å². The van der Waals surface area contributed by atoms with Crippen molar-refractivity contribution in [3.8, 4) is 22.3 Å². The summed E-state index contributed by atoms with van der Waals surface area (Å²) < 4.78 is 117. The van der Waals surface area contributed by atoms with E-state index in [1.807, 2.05) is 72.4 Å². The Hall–Kier alpha value is -9.19. The summed E-state index contributed by atoms with van der Waals surface area (Å²) in [6.45, 7) is 18.5. The van der Waals surface area contributed by atoms with Gasteiger partial charge in [-0.2, -0.15) is 26.3 Å². The number of piperazine rings is 2. The van der Waals surface area contributed by atoms with E-state index in [-0.39, 0.29) is 75.4 Å². The lowest BCUT2D eigenvalue weighted by molar-refractivity contribution is -0.138. The van der Waals surface area contributed by atoms with E-state index in [9.17, 15) is 69.4 Å². The lowest BCUT2D eigenvalue weighted by atomic mass is 9.99. The van der Waals surface area contributed by atoms with Crippen LogP contribution < -0.4 is 53.7 Å². The number of carbonyl (C=O) groups is 5. The van der Waals surface area contributed by atoms with Crippen molar-refractivity contribution in [2.45, 2.75) is 155 Å². The smallest absolute Gasteiger partial charge is 0.417 e. The van der Waals surface area contributed by atoms with E-state index in [0.29, 0.717) is 81.1 Å². The number of pyridine rings is 2. The number of carbonyl (C=O) groups excluding carboxylic acids is 4. The number of carboxylic acid groups (broad SMARTS) is 1. The number of benzene rings is 4. The number of alkyl carbamates (subject to hydrolysis) is 1. The first-order valence-electron chi connectivity index (χ1n) is 33.9. The number of H-pyrrole nitrogens is 2. The number of hydrogen-bond acceptors (Lipinski definition) is 14. The first-order chi connectivity index (χ1) is 48.0. The summed E-state index contributed by atoms with van der Waals surface area (Å²) in [7, 11) is 3.98. The molecule has 4 heterocycles. The molecule has 0 bridgehead atoms. The number of nitrogens with one attached hydrogen (secondary N) is 6. The number of nitrogens with zero attached hydrogens (tertiary/aromatic N) is 4. The van der Waals surface area contributed by atoms with Gasteiger partial charge in [0.25, 0.3) is 17.7 Å². The Balaban J connectivity index is 0.000000268. The van der Waals surface area contributed by atoms with E-state index in [2.05, 4.69) is 41.0 Å². The summed E-state index contributed by atoms with van der Waals surface area (Å²) in [5.41, 5.74) is 6.05. The van der Waals surface area contributed by atoms with E-state index >= 15 is 4.39 Å². The molecule has 2 fully saturated rings. The number of unbranched alkanes of at least 4 members (excludes halogenated alkanes) is 8. The van der Waals surface area contributed by atoms with E-state index in [0.717, 1.165) is 82.3 Å². The molecule has 556 valence electrons. The highest BCUT2D eigenvalue weighted by molar-refractivity contribution is 6.08. The van der Waals surface area contributed by atoms with Crippen LogP contribution in [-0.2, 0) is 17.1 Å². The molecule has 29 heteroatoms. The maximum atomic E-state index is 15.3. The van der Waals surface area contributed by atoms with Gasteiger partial charge in [-0.1, -0.05) is 50.7 Å². The highest BCUT2D eigenvalue weighted by Gasteiger charge is 2.38. The van der Waals surface area contributed by atoms with E-state index in [1.165, 1.54) is 43.2 Å². The number of ether oxygens (including phenoxy) is 1. The second-order valence-corrected chi connectivity index (χ2v) is 26.6. The lowest BCUT2D eigenvalue weighted by Crippen LogP contribution is -2.55. The fourth-order valence-corrected chi connectivity index (χ4v) is 11.7. The van der Waals surface area contributed by atoms with Crippen molar-refractivity contribution in [3.05, 3.63) is 163 Å². The zero-order chi connectivity index (χ0) is 75.4. The van der Waals surface area contributed by atoms with Crippen molar-refractivity contribution < 1.29 is 68.9 Å². The molecule has 0 unspecified atom stereocenters. The Bertz CT molecular complexity index is 3950. The fourth-order valence-electron chi connectivity index (χ4n) is 11.7. The Labute approximate surface area is 588 Å². The number of likely N-dealkylation sites (N-methyl/N-ethyl adjacent to an activating group) is 2. The average molecular weight is 1440 g/mol. The monoisotopic (exact) mass is 1430 g/mol. The standard InChI is InChI=1S/C34H42F4N6O3.C27H26F4N4O4.C12H26N2O2/c1-21-19-44(20-22(2)43(21)3)30-12-10-23(16-29(30)42-33(47)26-18-41-31(45)17-27(26)34(36,37)38)25-15-24(9-11-28(25)35)32(46)40-14-8-6-4-5-7-13-39;1-14-12-35(13-15(2)34(14)3)23-7-5-16(18-8-17(26(38)39)4-6-21(18)28)9-22(23)33-25(37)19-11-32-24(36)10-20(19)27(29,30)31;1-12(2,3)16-11(15)14-10-8-6-4-5-7-9-13/h9-12,15-18,21-22H,4-8,13-14,19-20,39H2,1-3H3,(H,40,46)(H,41,45)(H,42,47);4-11,14-15H,12-13H2,1-3H3,(H,32,36)(H,33,37)(H,38,39);4-10,13H2,1-3H3,(H,14,15)/t21-,22+;14-,15+;. The summed E-state index contributed by atoms with van der Waals surface area (Å²) in [6.07, 6.45) is 1.55. The number of rotatable bonds is 24. The minimum atomic E-state index is -4.96. The third-order valence-corrected chi connectivity index (χ3v) is 17.6. The molecule has 2 saturated heterocycles. The summed E-state index contributed by atoms with van der Waals surface area (Å²) in [6, 6.07) is 17.7. The molecular weight excluding hydrogens is 1340 g/mol. The van der Waals surface area contributed by atoms with Crippen LogP contribution in [0.25, 0.3) is 22.3 Å². The normalized spacial score (nSPS) is 16.6. The molecule has 21 nitrogen and oxygen atoms in total. The van der Waals surface area contributed by atoms with Gasteiger partial charge in [0.05, 0.1) is 50.6 Å². The summed E-state index contributed by atoms with van der Waals surface area (Å²) >= 11 is 0. The second kappa shape index (κ2) is 37.1. The second-order valence-electron chi connectivity index (χ2n) is 26.6. The molecule has 4 atom stereocenters. The molecule has 6 aromatic rings. The van der Waals surface area contributed by atoms with Crippen molar-refractivity contribution in [1.29, 1.82) is 0 Å². The first kappa shape index (κ1) is 81.8. The fraction of sp³-hybridized carbons (Fsp3) is 0.466. The van der Waals surface area contributed by atoms with E-state index in [4.69, 9.17) is 16.2 Å². The molecule has 8 rings (SSSR count). The molecule has 2 aliphatic heterocycles. The molecule has 2 aliphatic rings. The molecule has 0 aliphatic carbocycles. The van der Waals surface area contributed by atoms with Crippen molar-refractivity contribution in [3.63, 3.8) is 0 Å². The van der Waals surface area contributed by atoms with Gasteiger partial charge in [-0.25, -0.2) is 18.4 Å². The Morgan fingerprint density at radius 2 is 0.892 bits per heavy atom. The van der Waals surface area contributed by atoms with Crippen LogP contribution in [0.15, 0.2) is 107 Å². The highest BCUT2D eigenvalue weighted by Crippen LogP contribution is 2.39. The van der Waals surface area contributed by atoms with Gasteiger partial charge in [-0.15, -0.1) is 0 Å². The predicted molar refractivity (Wildman–Crippen MR) is 379 cm³/mol. The Kier molecular flexibility index (Phi) is 29.8. The molecule has 4 aromatic carbocycles. The van der Waals surface area contributed by atoms with Gasteiger partial charge in [0.2, 0.25) is 11.1 Å². The Morgan fingerprint density at radius 3 is 1.27 bits per heavy atom. The number of halogens is 8. The van der Waals surface area contributed by atoms with Gasteiger partial charge in [0.1, 0.15) is 17.2 Å². The number of amides is 4. The molecule has 11 N–H and O–H groups in total. The third-order valence-electron chi connectivity index (χ3n) is 17.6. The van der Waals surface area contributed by atoms with Gasteiger partial charge in [-0.05, 0) is 173 Å². The molecule has 2 aromatic heterocycles. The molecule has 0 spiro atoms. The van der Waals surface area contributed by atoms with Gasteiger partial charge >= 0.3 is 24.4 Å². The molecular formula is C73H94F8N12O9. The van der Waals surface area contributed by atoms with Crippen LogP contribution in [0.1, 0.15) is 165 Å². The third kappa shape index (κ3) is 23.7. The van der Waals surface area contributed by atoms with Crippen LogP contribution in [0, 0.1) is 11.6 Å². The van der Waals surface area contributed by atoms with Crippen LogP contribution >= 0.6 is 0 Å². The van der Waals surface area contributed by atoms with E-state index < -0.39 is 80.7 Å². The number of alkyl halides is 6. The number of anilines is 4. The number of aromatic amines is 2. The van der Waals surface area contributed by atoms with Crippen molar-refractivity contribution in [2.75, 3.05) is 86.9 Å². The van der Waals surface area contributed by atoms with Crippen LogP contribution in [0.2, 0.25) is 0 Å². The van der Waals surface area contributed by atoms with Crippen LogP contribution in [0.4, 0.5) is 62.7 Å². The van der Waals surface area contributed by atoms with E-state index in [1.54, 1.807) is 24.3 Å². The maximum Gasteiger partial charge on any atom is 0.417 e. The van der Waals surface area contributed by atoms with Crippen LogP contribution in [0.3, 0.4) is 0 Å². The zero-order valence-corrected chi connectivity index (χ0v) is 59.0. The summed E-state index contributed by atoms with van der Waals surface area (Å²) in [5.74, 6) is -5.19. The van der Waals surface area contributed by atoms with Gasteiger partial charge < -0.3 is 62.3 Å². The minimum absolute atomic E-state index is 0.0583. The molecule has 4 amide bonds. The van der Waals surface area contributed by atoms with Crippen molar-refractivity contribution >= 4 is 52.5 Å². The first-order valence-corrected chi connectivity index (χ1v) is 33.9. The largest absolute Gasteiger partial charge is 0.478 e. The number of carboxylic acids is 1. The number of aromatic carboxylic acids is 1. The zero-order valence-electron chi connectivity index (χ0n) is 59.0. The molecule has 0 saturated carbocycles. The predicted octanol–water partition coefficient (Wildman–Crippen LogP) is 12.7. The number of aromatic nitrogens is 2. The van der Waals surface area contributed by atoms with Crippen LogP contribution in [-0.4, -0.2) is 151 Å².